The van der Waals surface area contributed by atoms with Crippen molar-refractivity contribution in [3.63, 3.8) is 0 Å². The maximum atomic E-state index is 13.6. The number of H-pyrrole nitrogens is 6. The van der Waals surface area contributed by atoms with Crippen LogP contribution in [0.25, 0.3) is 76.3 Å². The lowest BCUT2D eigenvalue weighted by Crippen LogP contribution is -2.14. The van der Waals surface area contributed by atoms with Gasteiger partial charge in [0.15, 0.2) is 0 Å². The number of benzene rings is 7. The predicted molar refractivity (Wildman–Crippen MR) is 419 cm³/mol. The highest BCUT2D eigenvalue weighted by atomic mass is 35.5. The first-order chi connectivity index (χ1) is 46.0. The van der Waals surface area contributed by atoms with Crippen LogP contribution in [-0.4, -0.2) is 60.8 Å². The number of aromatic amines is 6. The number of phenols is 1. The Morgan fingerprint density at radius 1 is 0.364 bits per heavy atom. The fourth-order valence-electron chi connectivity index (χ4n) is 13.9. The van der Waals surface area contributed by atoms with Gasteiger partial charge in [-0.2, -0.15) is 20.4 Å². The van der Waals surface area contributed by atoms with Gasteiger partial charge in [0.1, 0.15) is 11.6 Å². The Labute approximate surface area is 591 Å². The molecule has 0 fully saturated rings. The Kier molecular flexibility index (Phi) is 22.5. The van der Waals surface area contributed by atoms with Crippen molar-refractivity contribution in [2.24, 2.45) is 0 Å². The van der Waals surface area contributed by atoms with Crippen LogP contribution in [0.2, 0.25) is 5.02 Å². The third kappa shape index (κ3) is 17.9. The number of halogens is 2. The van der Waals surface area contributed by atoms with Crippen molar-refractivity contribution in [2.75, 3.05) is 0 Å². The van der Waals surface area contributed by atoms with E-state index in [2.05, 4.69) is 269 Å². The molecular weight excluding hydrogens is 1250 g/mol. The Bertz CT molecular complexity index is 4360. The van der Waals surface area contributed by atoms with Crippen LogP contribution in [0.1, 0.15) is 207 Å². The van der Waals surface area contributed by atoms with E-state index in [0.29, 0.717) is 11.3 Å². The summed E-state index contributed by atoms with van der Waals surface area (Å²) in [7, 11) is 0. The van der Waals surface area contributed by atoms with E-state index in [1.807, 2.05) is 76.0 Å². The molecule has 0 saturated heterocycles. The molecule has 0 radical (unpaired) electrons. The summed E-state index contributed by atoms with van der Waals surface area (Å²) < 4.78 is 13.6. The first-order valence-electron chi connectivity index (χ1n) is 34.3. The Balaban J connectivity index is 0.000000147. The summed E-state index contributed by atoms with van der Waals surface area (Å²) in [5, 5.41) is 46.7. The molecule has 0 spiro atoms. The number of pyridine rings is 1. The second-order valence-electron chi connectivity index (χ2n) is 33.4. The van der Waals surface area contributed by atoms with Crippen molar-refractivity contribution >= 4 is 87.9 Å². The fourth-order valence-corrected chi connectivity index (χ4v) is 14.3. The smallest absolute Gasteiger partial charge is 0.129 e. The molecule has 14 rings (SSSR count). The molecule has 0 aliphatic rings. The minimum atomic E-state index is -0.212. The lowest BCUT2D eigenvalue weighted by molar-refractivity contribution is 0.472. The molecule has 522 valence electrons. The fraction of sp³-hybridized carbons (Fsp3) is 0.376. The maximum Gasteiger partial charge on any atom is 0.129 e. The van der Waals surface area contributed by atoms with E-state index in [4.69, 9.17) is 11.6 Å². The summed E-state index contributed by atoms with van der Waals surface area (Å²) >= 11 is 6.20. The van der Waals surface area contributed by atoms with Crippen molar-refractivity contribution in [3.05, 3.63) is 225 Å². The monoisotopic (exact) mass is 1350 g/mol. The van der Waals surface area contributed by atoms with Crippen LogP contribution < -0.4 is 0 Å². The van der Waals surface area contributed by atoms with E-state index < -0.39 is 0 Å². The summed E-state index contributed by atoms with van der Waals surface area (Å²) in [6.07, 6.45) is 13.2. The number of aromatic hydroxyl groups is 1. The molecule has 0 bridgehead atoms. The molecule has 7 aromatic carbocycles. The maximum absolute atomic E-state index is 13.6. The molecule has 99 heavy (non-hydrogen) atoms. The molecule has 7 aromatic heterocycles. The lowest BCUT2D eigenvalue weighted by Gasteiger charge is -2.22. The summed E-state index contributed by atoms with van der Waals surface area (Å²) in [6, 6.07) is 36.1. The van der Waals surface area contributed by atoms with Crippen LogP contribution in [0.4, 0.5) is 4.39 Å². The van der Waals surface area contributed by atoms with Gasteiger partial charge < -0.3 is 15.1 Å². The van der Waals surface area contributed by atoms with Crippen molar-refractivity contribution < 1.29 is 9.50 Å². The van der Waals surface area contributed by atoms with Crippen molar-refractivity contribution in [2.45, 2.75) is 211 Å². The number of aryl methyl sites for hydroxylation is 4. The summed E-state index contributed by atoms with van der Waals surface area (Å²) in [4.78, 5) is 11.0. The summed E-state index contributed by atoms with van der Waals surface area (Å²) in [5.74, 6) is 0.134. The van der Waals surface area contributed by atoms with Crippen LogP contribution in [0, 0.1) is 33.5 Å². The van der Waals surface area contributed by atoms with Crippen LogP contribution in [-0.2, 0) is 37.9 Å². The number of hydrogen-bond donors (Lipinski definition) is 7. The normalized spacial score (nSPS) is 12.2. The molecule has 0 aliphatic carbocycles. The molecule has 7 heterocycles. The van der Waals surface area contributed by atoms with Gasteiger partial charge in [-0.05, 0) is 193 Å². The largest absolute Gasteiger partial charge is 0.508 e. The van der Waals surface area contributed by atoms with Crippen molar-refractivity contribution in [1.29, 1.82) is 0 Å². The van der Waals surface area contributed by atoms with Crippen LogP contribution in [0.5, 0.6) is 5.75 Å². The van der Waals surface area contributed by atoms with E-state index in [1.54, 1.807) is 30.6 Å². The minimum Gasteiger partial charge on any atom is -0.508 e. The zero-order valence-corrected chi connectivity index (χ0v) is 64.1. The van der Waals surface area contributed by atoms with Crippen molar-refractivity contribution in [1.82, 2.24) is 55.7 Å². The minimum absolute atomic E-state index is 0.00859. The molecule has 12 nitrogen and oxygen atoms in total. The summed E-state index contributed by atoms with van der Waals surface area (Å²) in [5.41, 5.74) is 22.2. The van der Waals surface area contributed by atoms with Crippen LogP contribution in [0.3, 0.4) is 0 Å². The Hall–Kier alpha value is -9.07. The number of aromatic nitrogens is 11. The molecule has 0 atom stereocenters. The van der Waals surface area contributed by atoms with Crippen molar-refractivity contribution in [3.8, 4) is 5.75 Å². The van der Waals surface area contributed by atoms with Gasteiger partial charge in [-0.25, -0.2) is 4.39 Å². The first-order valence-corrected chi connectivity index (χ1v) is 34.7. The second kappa shape index (κ2) is 29.4. The SMILES string of the molecule is CC(C)(C)c1c(Cl)ccc2[nH]ncc12.CC(C)(C)c1c(F)ccc2cn[nH]c12.CC(C)(C)c1cc(O)cc2cccnc12.Cc1ccc2[nH]ccc2c1C(C)(C)C.Cc1ccc2[nH]ncc2c1C(C)(C)C.Cc1ccc2cc[nH]c2c1C(C)(C)C.Cc1ccc2cn[nH]c2c1C(C)(C)C. The van der Waals surface area contributed by atoms with E-state index in [0.717, 1.165) is 54.4 Å². The van der Waals surface area contributed by atoms with Gasteiger partial charge in [0.2, 0.25) is 0 Å². The summed E-state index contributed by atoms with van der Waals surface area (Å²) in [6.45, 7) is 54.5. The van der Waals surface area contributed by atoms with Gasteiger partial charge in [-0.1, -0.05) is 199 Å². The number of rotatable bonds is 0. The zero-order chi connectivity index (χ0) is 73.1. The Morgan fingerprint density at radius 3 is 1.31 bits per heavy atom. The standard InChI is InChI=1S/C13H15NO.2C13H17N.2C12H16N2.C11H13ClN2.C11H13FN2/c1-13(2,3)11-8-10(15)7-9-5-4-6-14-12(9)11;1-9-5-6-11-10(7-8-14-11)12(9)13(2,3)4;1-9-5-6-10-7-8-14-12(10)11(9)13(2,3)4;1-8-5-6-10-9(7-13-14-10)11(8)12(2,3)4;1-8-5-6-9-7-13-14-11(9)10(8)12(2,3)4;1-11(2,3)10-7-6-13-14-9(7)5-4-8(10)12;1-11(2,3)9-8(12)5-4-7-6-13-14-10(7)9/h4-8,15H,1-3H3;2*5-8,14H,1-4H3;2*5-7H,1-4H3,(H,13,14);2*4-6H,1-3H3,(H,13,14). The third-order valence-electron chi connectivity index (χ3n) is 17.7. The predicted octanol–water partition coefficient (Wildman–Crippen LogP) is 23.6. The van der Waals surface area contributed by atoms with Gasteiger partial charge >= 0.3 is 0 Å². The molecule has 0 saturated carbocycles. The average Bonchev–Trinajstić information content (AvgIpc) is 1.69. The van der Waals surface area contributed by atoms with E-state index in [9.17, 15) is 9.50 Å². The van der Waals surface area contributed by atoms with E-state index in [-0.39, 0.29) is 43.7 Å². The molecule has 0 aliphatic heterocycles. The van der Waals surface area contributed by atoms with Gasteiger partial charge in [0, 0.05) is 72.5 Å². The molecule has 7 N–H and O–H groups in total. The van der Waals surface area contributed by atoms with Crippen LogP contribution in [0.15, 0.2) is 153 Å². The van der Waals surface area contributed by atoms with Gasteiger partial charge in [-0.15, -0.1) is 0 Å². The lowest BCUT2D eigenvalue weighted by atomic mass is 9.82. The molecular formula is C85H107ClFN11O. The highest BCUT2D eigenvalue weighted by molar-refractivity contribution is 6.32. The number of nitrogens with one attached hydrogen (secondary N) is 6. The molecule has 0 amide bonds. The number of nitrogens with zero attached hydrogens (tertiary/aromatic N) is 5. The zero-order valence-electron chi connectivity index (χ0n) is 63.4. The quantitative estimate of drug-likeness (QED) is 0.0794. The number of phenolic OH excluding ortho intramolecular Hbond substituents is 1. The highest BCUT2D eigenvalue weighted by Gasteiger charge is 2.26. The van der Waals surface area contributed by atoms with Gasteiger partial charge in [0.05, 0.1) is 52.4 Å². The second-order valence-corrected chi connectivity index (χ2v) is 33.8. The van der Waals surface area contributed by atoms with E-state index in [1.165, 1.54) is 88.7 Å². The first kappa shape index (κ1) is 75.7. The Morgan fingerprint density at radius 2 is 0.788 bits per heavy atom. The molecule has 0 unspecified atom stereocenters. The highest BCUT2D eigenvalue weighted by Crippen LogP contribution is 2.39. The number of fused-ring (bicyclic) bond motifs is 7. The number of hydrogen-bond acceptors (Lipinski definition) is 6. The van der Waals surface area contributed by atoms with E-state index >= 15 is 0 Å². The van der Waals surface area contributed by atoms with Gasteiger partial charge in [0.25, 0.3) is 0 Å². The van der Waals surface area contributed by atoms with Gasteiger partial charge in [-0.3, -0.25) is 25.4 Å². The molecule has 14 heteroatoms. The third-order valence-corrected chi connectivity index (χ3v) is 18.0. The average molecular weight is 1350 g/mol. The molecule has 14 aromatic rings. The van der Waals surface area contributed by atoms with Crippen LogP contribution >= 0.6 is 11.6 Å². The topological polar surface area (TPSA) is 179 Å².